The molecule has 0 unspecified atom stereocenters. The Bertz CT molecular complexity index is 1050. The molecule has 6 nitrogen and oxygen atoms in total. The number of halogens is 2. The highest BCUT2D eigenvalue weighted by atomic mass is 35.5. The topological polar surface area (TPSA) is 77.0 Å². The first-order valence-corrected chi connectivity index (χ1v) is 9.53. The third-order valence-corrected chi connectivity index (χ3v) is 4.24. The number of nitrogens with one attached hydrogen (secondary N) is 1. The smallest absolute Gasteiger partial charge is 0.343 e. The Morgan fingerprint density at radius 3 is 2.27 bits per heavy atom. The standard InChI is InChI=1S/C22H16Cl2N2O4/c23-17-6-4-16(5-7-17)22(28)30-20-3-1-2-15(12-20)13-25-26-21(27)14-29-19-10-8-18(24)9-11-19/h1-13H,14H2,(H,26,27). The molecule has 1 N–H and O–H groups in total. The molecule has 0 bridgehead atoms. The maximum atomic E-state index is 12.2. The Labute approximate surface area is 183 Å². The van der Waals surface area contributed by atoms with Crippen LogP contribution in [0.2, 0.25) is 10.0 Å². The summed E-state index contributed by atoms with van der Waals surface area (Å²) < 4.78 is 10.7. The van der Waals surface area contributed by atoms with Crippen LogP contribution < -0.4 is 14.9 Å². The molecule has 0 spiro atoms. The van der Waals surface area contributed by atoms with Crippen LogP contribution in [0.25, 0.3) is 0 Å². The van der Waals surface area contributed by atoms with Gasteiger partial charge in [0.1, 0.15) is 11.5 Å². The van der Waals surface area contributed by atoms with E-state index in [9.17, 15) is 9.59 Å². The largest absolute Gasteiger partial charge is 0.484 e. The molecule has 0 fully saturated rings. The van der Waals surface area contributed by atoms with Crippen LogP contribution in [0, 0.1) is 0 Å². The van der Waals surface area contributed by atoms with E-state index in [4.69, 9.17) is 32.7 Å². The normalized spacial score (nSPS) is 10.6. The van der Waals surface area contributed by atoms with Crippen LogP contribution >= 0.6 is 23.2 Å². The van der Waals surface area contributed by atoms with Crippen molar-refractivity contribution in [1.82, 2.24) is 5.43 Å². The number of esters is 1. The lowest BCUT2D eigenvalue weighted by molar-refractivity contribution is -0.123. The molecule has 0 aliphatic heterocycles. The minimum atomic E-state index is -0.506. The van der Waals surface area contributed by atoms with Gasteiger partial charge < -0.3 is 9.47 Å². The van der Waals surface area contributed by atoms with Crippen LogP contribution in [-0.2, 0) is 4.79 Å². The van der Waals surface area contributed by atoms with E-state index < -0.39 is 11.9 Å². The Morgan fingerprint density at radius 1 is 0.900 bits per heavy atom. The molecular weight excluding hydrogens is 427 g/mol. The van der Waals surface area contributed by atoms with Crippen LogP contribution in [0.15, 0.2) is 77.9 Å². The third kappa shape index (κ3) is 6.62. The average Bonchev–Trinajstić information content (AvgIpc) is 2.74. The van der Waals surface area contributed by atoms with Gasteiger partial charge in [-0.15, -0.1) is 0 Å². The molecule has 152 valence electrons. The van der Waals surface area contributed by atoms with E-state index in [1.807, 2.05) is 0 Å². The summed E-state index contributed by atoms with van der Waals surface area (Å²) in [6.45, 7) is -0.197. The molecule has 0 aliphatic rings. The van der Waals surface area contributed by atoms with Gasteiger partial charge in [-0.25, -0.2) is 10.2 Å². The number of hydrogen-bond donors (Lipinski definition) is 1. The molecule has 0 radical (unpaired) electrons. The monoisotopic (exact) mass is 442 g/mol. The van der Waals surface area contributed by atoms with Crippen LogP contribution in [-0.4, -0.2) is 24.7 Å². The second-order valence-electron chi connectivity index (χ2n) is 6.00. The number of carbonyl (C=O) groups excluding carboxylic acids is 2. The lowest BCUT2D eigenvalue weighted by Crippen LogP contribution is -2.24. The molecule has 0 atom stereocenters. The average molecular weight is 443 g/mol. The molecule has 3 aromatic carbocycles. The van der Waals surface area contributed by atoms with E-state index in [1.54, 1.807) is 72.8 Å². The van der Waals surface area contributed by atoms with Crippen molar-refractivity contribution >= 4 is 41.3 Å². The molecular formula is C22H16Cl2N2O4. The van der Waals surface area contributed by atoms with Gasteiger partial charge in [-0.2, -0.15) is 5.10 Å². The minimum Gasteiger partial charge on any atom is -0.484 e. The zero-order chi connectivity index (χ0) is 21.3. The maximum absolute atomic E-state index is 12.2. The first-order valence-electron chi connectivity index (χ1n) is 8.78. The Balaban J connectivity index is 1.50. The van der Waals surface area contributed by atoms with Crippen molar-refractivity contribution in [2.45, 2.75) is 0 Å². The number of nitrogens with zero attached hydrogens (tertiary/aromatic N) is 1. The highest BCUT2D eigenvalue weighted by Crippen LogP contribution is 2.16. The van der Waals surface area contributed by atoms with Gasteiger partial charge in [-0.1, -0.05) is 35.3 Å². The number of hydrogen-bond acceptors (Lipinski definition) is 5. The lowest BCUT2D eigenvalue weighted by atomic mass is 10.2. The van der Waals surface area contributed by atoms with Crippen molar-refractivity contribution in [3.63, 3.8) is 0 Å². The SMILES string of the molecule is O=C(COc1ccc(Cl)cc1)NN=Cc1cccc(OC(=O)c2ccc(Cl)cc2)c1. The highest BCUT2D eigenvalue weighted by molar-refractivity contribution is 6.30. The number of amides is 1. The zero-order valence-corrected chi connectivity index (χ0v) is 17.1. The molecule has 8 heteroatoms. The van der Waals surface area contributed by atoms with Gasteiger partial charge in [0.05, 0.1) is 11.8 Å². The minimum absolute atomic E-state index is 0.197. The van der Waals surface area contributed by atoms with Gasteiger partial charge in [0, 0.05) is 10.0 Å². The summed E-state index contributed by atoms with van der Waals surface area (Å²) in [5, 5.41) is 4.99. The Hall–Kier alpha value is -3.35. The van der Waals surface area contributed by atoms with Crippen molar-refractivity contribution in [2.24, 2.45) is 5.10 Å². The predicted molar refractivity (Wildman–Crippen MR) is 116 cm³/mol. The number of ether oxygens (including phenoxy) is 2. The van der Waals surface area contributed by atoms with E-state index in [1.165, 1.54) is 6.21 Å². The van der Waals surface area contributed by atoms with Gasteiger partial charge in [0.2, 0.25) is 0 Å². The summed E-state index contributed by atoms with van der Waals surface area (Å²) in [5.41, 5.74) is 3.38. The van der Waals surface area contributed by atoms with E-state index in [0.717, 1.165) is 0 Å². The predicted octanol–water partition coefficient (Wildman–Crippen LogP) is 4.74. The molecule has 0 saturated carbocycles. The van der Waals surface area contributed by atoms with Gasteiger partial charge in [0.15, 0.2) is 6.61 Å². The van der Waals surface area contributed by atoms with Crippen molar-refractivity contribution < 1.29 is 19.1 Å². The van der Waals surface area contributed by atoms with E-state index in [0.29, 0.717) is 32.7 Å². The van der Waals surface area contributed by atoms with E-state index in [-0.39, 0.29) is 6.61 Å². The summed E-state index contributed by atoms with van der Waals surface area (Å²) in [6, 6.07) is 19.8. The molecule has 0 aromatic heterocycles. The molecule has 0 heterocycles. The van der Waals surface area contributed by atoms with Crippen LogP contribution in [0.4, 0.5) is 0 Å². The summed E-state index contributed by atoms with van der Waals surface area (Å²) in [6.07, 6.45) is 1.43. The quantitative estimate of drug-likeness (QED) is 0.248. The van der Waals surface area contributed by atoms with Gasteiger partial charge in [-0.3, -0.25) is 4.79 Å². The second-order valence-corrected chi connectivity index (χ2v) is 6.88. The second kappa shape index (κ2) is 10.4. The molecule has 30 heavy (non-hydrogen) atoms. The van der Waals surface area contributed by atoms with Gasteiger partial charge >= 0.3 is 5.97 Å². The fourth-order valence-electron chi connectivity index (χ4n) is 2.30. The lowest BCUT2D eigenvalue weighted by Gasteiger charge is -2.06. The first-order chi connectivity index (χ1) is 14.5. The zero-order valence-electron chi connectivity index (χ0n) is 15.5. The highest BCUT2D eigenvalue weighted by Gasteiger charge is 2.08. The fourth-order valence-corrected chi connectivity index (χ4v) is 2.55. The summed E-state index contributed by atoms with van der Waals surface area (Å²) in [7, 11) is 0. The first kappa shape index (κ1) is 21.4. The van der Waals surface area contributed by atoms with E-state index in [2.05, 4.69) is 10.5 Å². The molecule has 1 amide bonds. The Kier molecular flexibility index (Phi) is 7.43. The number of carbonyl (C=O) groups is 2. The molecule has 0 saturated heterocycles. The van der Waals surface area contributed by atoms with Crippen molar-refractivity contribution in [1.29, 1.82) is 0 Å². The number of benzene rings is 3. The van der Waals surface area contributed by atoms with Gasteiger partial charge in [-0.05, 0) is 66.2 Å². The van der Waals surface area contributed by atoms with Crippen LogP contribution in [0.1, 0.15) is 15.9 Å². The van der Waals surface area contributed by atoms with Crippen molar-refractivity contribution in [3.05, 3.63) is 94.0 Å². The number of hydrazone groups is 1. The van der Waals surface area contributed by atoms with Crippen LogP contribution in [0.3, 0.4) is 0 Å². The van der Waals surface area contributed by atoms with E-state index >= 15 is 0 Å². The van der Waals surface area contributed by atoms with Crippen molar-refractivity contribution in [3.8, 4) is 11.5 Å². The molecule has 3 aromatic rings. The number of rotatable bonds is 7. The Morgan fingerprint density at radius 2 is 1.57 bits per heavy atom. The fraction of sp³-hybridized carbons (Fsp3) is 0.0455. The molecule has 0 aliphatic carbocycles. The molecule has 3 rings (SSSR count). The summed E-state index contributed by atoms with van der Waals surface area (Å²) in [5.74, 6) is -0.0649. The third-order valence-electron chi connectivity index (χ3n) is 3.74. The summed E-state index contributed by atoms with van der Waals surface area (Å²) in [4.78, 5) is 24.0. The van der Waals surface area contributed by atoms with Crippen LogP contribution in [0.5, 0.6) is 11.5 Å². The van der Waals surface area contributed by atoms with Gasteiger partial charge in [0.25, 0.3) is 5.91 Å². The van der Waals surface area contributed by atoms with Crippen molar-refractivity contribution in [2.75, 3.05) is 6.61 Å². The maximum Gasteiger partial charge on any atom is 0.343 e. The summed E-state index contributed by atoms with van der Waals surface area (Å²) >= 11 is 11.6.